The van der Waals surface area contributed by atoms with Crippen molar-refractivity contribution in [3.63, 3.8) is 0 Å². The van der Waals surface area contributed by atoms with E-state index in [1.165, 1.54) is 33.8 Å². The van der Waals surface area contributed by atoms with Gasteiger partial charge in [-0.3, -0.25) is 15.0 Å². The number of thiazole rings is 1. The molecule has 1 fully saturated rings. The second kappa shape index (κ2) is 14.8. The van der Waals surface area contributed by atoms with Crippen molar-refractivity contribution >= 4 is 28.9 Å². The molecule has 0 unspecified atom stereocenters. The van der Waals surface area contributed by atoms with Crippen molar-refractivity contribution in [3.05, 3.63) is 65.0 Å². The smallest absolute Gasteiger partial charge is 0.325 e. The molecule has 3 aromatic heterocycles. The Morgan fingerprint density at radius 2 is 1.96 bits per heavy atom. The number of carbonyl (C=O) groups is 2. The van der Waals surface area contributed by atoms with E-state index in [1.807, 2.05) is 27.7 Å². The first-order valence-electron chi connectivity index (χ1n) is 14.6. The van der Waals surface area contributed by atoms with Crippen molar-refractivity contribution in [2.45, 2.75) is 78.3 Å². The molecule has 0 aromatic carbocycles. The maximum atomic E-state index is 14.5. The minimum Gasteiger partial charge on any atom is -0.441 e. The highest BCUT2D eigenvalue weighted by Crippen LogP contribution is 2.25. The standard InChI is InChI=1S/C30H38F2N8O4S/c1-5-43-19-8-6-18(7-9-19)35-13-21(24(33)25-20(31)10-11-23(32)39-25)37-27(41)22-15-45-28(38-22)17-12-36-40(14-17)16-44-29(42)26(34)30(2,3)4/h10-15,18-19,26,33,35H,5-9,16,34H2,1-4H3,(H,37,41)/b21-13+,33-24?/t18-,19-,26-/m1/s1. The van der Waals surface area contributed by atoms with Crippen LogP contribution in [0.15, 0.2) is 41.8 Å². The first-order valence-corrected chi connectivity index (χ1v) is 15.4. The van der Waals surface area contributed by atoms with Gasteiger partial charge >= 0.3 is 5.97 Å². The predicted octanol–water partition coefficient (Wildman–Crippen LogP) is 4.13. The molecule has 45 heavy (non-hydrogen) atoms. The van der Waals surface area contributed by atoms with E-state index in [4.69, 9.17) is 20.6 Å². The van der Waals surface area contributed by atoms with E-state index in [9.17, 15) is 18.4 Å². The summed E-state index contributed by atoms with van der Waals surface area (Å²) in [5.41, 5.74) is 4.95. The Morgan fingerprint density at radius 3 is 2.64 bits per heavy atom. The van der Waals surface area contributed by atoms with Crippen LogP contribution in [-0.4, -0.2) is 62.1 Å². The number of allylic oxidation sites excluding steroid dienone is 1. The van der Waals surface area contributed by atoms with Crippen molar-refractivity contribution < 1.29 is 27.8 Å². The molecule has 0 saturated heterocycles. The molecule has 1 atom stereocenters. The van der Waals surface area contributed by atoms with Gasteiger partial charge in [0.05, 0.1) is 18.0 Å². The number of nitrogens with zero attached hydrogens (tertiary/aromatic N) is 4. The van der Waals surface area contributed by atoms with Crippen LogP contribution < -0.4 is 16.4 Å². The number of amides is 1. The fourth-order valence-corrected chi connectivity index (χ4v) is 5.32. The van der Waals surface area contributed by atoms with Gasteiger partial charge in [0.1, 0.15) is 28.1 Å². The zero-order chi connectivity index (χ0) is 32.7. The number of esters is 1. The molecular weight excluding hydrogens is 606 g/mol. The van der Waals surface area contributed by atoms with Gasteiger partial charge in [0, 0.05) is 36.0 Å². The molecule has 1 aliphatic carbocycles. The Balaban J connectivity index is 1.46. The normalized spacial score (nSPS) is 17.9. The van der Waals surface area contributed by atoms with Crippen molar-refractivity contribution in [1.82, 2.24) is 30.4 Å². The zero-order valence-corrected chi connectivity index (χ0v) is 26.4. The maximum Gasteiger partial charge on any atom is 0.325 e. The van der Waals surface area contributed by atoms with Crippen molar-refractivity contribution in [3.8, 4) is 10.6 Å². The summed E-state index contributed by atoms with van der Waals surface area (Å²) in [6.07, 6.45) is 8.03. The van der Waals surface area contributed by atoms with Crippen LogP contribution in [0.5, 0.6) is 0 Å². The molecule has 5 N–H and O–H groups in total. The molecule has 12 nitrogen and oxygen atoms in total. The van der Waals surface area contributed by atoms with E-state index in [2.05, 4.69) is 25.7 Å². The van der Waals surface area contributed by atoms with E-state index in [-0.39, 0.29) is 30.3 Å². The molecule has 1 amide bonds. The fraction of sp³-hybridized carbons (Fsp3) is 0.467. The minimum atomic E-state index is -0.958. The van der Waals surface area contributed by atoms with Gasteiger partial charge in [0.15, 0.2) is 12.5 Å². The Morgan fingerprint density at radius 1 is 1.22 bits per heavy atom. The SMILES string of the molecule is CCO[C@H]1CC[C@H](N/C=C(/NC(=O)c2csc(-c3cnn(COC(=O)[C@@H](N)C(C)(C)C)c3)n2)C(=N)c2nc(F)ccc2F)CC1. The van der Waals surface area contributed by atoms with Crippen LogP contribution in [-0.2, 0) is 21.0 Å². The van der Waals surface area contributed by atoms with Gasteiger partial charge < -0.3 is 25.8 Å². The predicted molar refractivity (Wildman–Crippen MR) is 164 cm³/mol. The molecule has 0 aliphatic heterocycles. The quantitative estimate of drug-likeness (QED) is 0.129. The van der Waals surface area contributed by atoms with Crippen LogP contribution in [0, 0.1) is 22.6 Å². The summed E-state index contributed by atoms with van der Waals surface area (Å²) < 4.78 is 40.8. The lowest BCUT2D eigenvalue weighted by molar-refractivity contribution is -0.152. The lowest BCUT2D eigenvalue weighted by atomic mass is 9.87. The fourth-order valence-electron chi connectivity index (χ4n) is 4.54. The van der Waals surface area contributed by atoms with Crippen LogP contribution in [0.4, 0.5) is 8.78 Å². The lowest BCUT2D eigenvalue weighted by Crippen LogP contribution is -2.43. The molecule has 0 spiro atoms. The summed E-state index contributed by atoms with van der Waals surface area (Å²) in [6.45, 7) is 7.96. The van der Waals surface area contributed by atoms with Crippen molar-refractivity contribution in [1.29, 1.82) is 5.41 Å². The average Bonchev–Trinajstić information content (AvgIpc) is 3.69. The first kappa shape index (κ1) is 33.8. The molecule has 1 saturated carbocycles. The summed E-state index contributed by atoms with van der Waals surface area (Å²) in [5, 5.41) is 20.6. The second-order valence-electron chi connectivity index (χ2n) is 11.7. The number of carbonyl (C=O) groups excluding carboxylic acids is 2. The number of hydrogen-bond donors (Lipinski definition) is 4. The van der Waals surface area contributed by atoms with E-state index < -0.39 is 46.5 Å². The first-order chi connectivity index (χ1) is 21.3. The summed E-state index contributed by atoms with van der Waals surface area (Å²) in [6, 6.07) is 0.970. The third kappa shape index (κ3) is 8.99. The van der Waals surface area contributed by atoms with Crippen LogP contribution in [0.3, 0.4) is 0 Å². The Hall–Kier alpha value is -4.08. The minimum absolute atomic E-state index is 0.0360. The number of nitrogens with one attached hydrogen (secondary N) is 3. The summed E-state index contributed by atoms with van der Waals surface area (Å²) in [5.74, 6) is -3.08. The average molecular weight is 645 g/mol. The zero-order valence-electron chi connectivity index (χ0n) is 25.6. The monoisotopic (exact) mass is 644 g/mol. The van der Waals surface area contributed by atoms with Gasteiger partial charge in [0.2, 0.25) is 5.95 Å². The highest BCUT2D eigenvalue weighted by atomic mass is 32.1. The van der Waals surface area contributed by atoms with E-state index in [0.29, 0.717) is 17.2 Å². The molecule has 3 heterocycles. The van der Waals surface area contributed by atoms with Gasteiger partial charge in [0.25, 0.3) is 5.91 Å². The Labute approximate surface area is 263 Å². The van der Waals surface area contributed by atoms with E-state index in [0.717, 1.165) is 37.8 Å². The molecule has 1 aliphatic rings. The lowest BCUT2D eigenvalue weighted by Gasteiger charge is -2.28. The maximum absolute atomic E-state index is 14.5. The van der Waals surface area contributed by atoms with Crippen LogP contribution >= 0.6 is 11.3 Å². The largest absolute Gasteiger partial charge is 0.441 e. The highest BCUT2D eigenvalue weighted by Gasteiger charge is 2.29. The third-order valence-electron chi connectivity index (χ3n) is 7.25. The molecule has 0 bridgehead atoms. The number of aromatic nitrogens is 4. The number of halogens is 2. The van der Waals surface area contributed by atoms with Gasteiger partial charge in [-0.25, -0.2) is 19.0 Å². The second-order valence-corrected chi connectivity index (χ2v) is 12.5. The van der Waals surface area contributed by atoms with Gasteiger partial charge in [-0.15, -0.1) is 11.3 Å². The Bertz CT molecular complexity index is 1540. The molecule has 242 valence electrons. The van der Waals surface area contributed by atoms with Crippen molar-refractivity contribution in [2.75, 3.05) is 6.61 Å². The highest BCUT2D eigenvalue weighted by molar-refractivity contribution is 7.13. The molecular formula is C30H38F2N8O4S. The molecule has 4 rings (SSSR count). The third-order valence-corrected chi connectivity index (χ3v) is 8.14. The van der Waals surface area contributed by atoms with Gasteiger partial charge in [-0.05, 0) is 50.2 Å². The number of hydrogen-bond acceptors (Lipinski definition) is 11. The van der Waals surface area contributed by atoms with Crippen LogP contribution in [0.25, 0.3) is 10.6 Å². The Kier molecular flexibility index (Phi) is 11.1. The summed E-state index contributed by atoms with van der Waals surface area (Å²) in [7, 11) is 0. The summed E-state index contributed by atoms with van der Waals surface area (Å²) >= 11 is 1.18. The number of pyridine rings is 1. The number of rotatable bonds is 12. The molecule has 3 aromatic rings. The van der Waals surface area contributed by atoms with Crippen molar-refractivity contribution in [2.24, 2.45) is 11.1 Å². The van der Waals surface area contributed by atoms with Gasteiger partial charge in [-0.2, -0.15) is 9.49 Å². The molecule has 0 radical (unpaired) electrons. The topological polar surface area (TPSA) is 170 Å². The summed E-state index contributed by atoms with van der Waals surface area (Å²) in [4.78, 5) is 33.4. The van der Waals surface area contributed by atoms with Crippen LogP contribution in [0.2, 0.25) is 0 Å². The number of nitrogens with two attached hydrogens (primary N) is 1. The van der Waals surface area contributed by atoms with E-state index >= 15 is 0 Å². The number of ether oxygens (including phenoxy) is 2. The van der Waals surface area contributed by atoms with E-state index in [1.54, 1.807) is 6.20 Å². The molecule has 15 heteroatoms. The van der Waals surface area contributed by atoms with Crippen LogP contribution in [0.1, 0.15) is 69.6 Å². The van der Waals surface area contributed by atoms with Gasteiger partial charge in [-0.1, -0.05) is 20.8 Å².